The third-order valence-corrected chi connectivity index (χ3v) is 3.34. The van der Waals surface area contributed by atoms with Gasteiger partial charge in [-0.2, -0.15) is 0 Å². The molecule has 0 fully saturated rings. The van der Waals surface area contributed by atoms with Crippen molar-refractivity contribution >= 4 is 17.6 Å². The standard InChI is InChI=1S/C19H21NO3/c1-2-3-13-23-19(22)16-9-11-17(12-10-16)20-18(21)14-15-7-5-4-6-8-15/h4-12H,2-3,13-14H2,1H3,(H,20,21). The second kappa shape index (κ2) is 8.73. The molecule has 2 aromatic carbocycles. The van der Waals surface area contributed by atoms with Gasteiger partial charge in [0.2, 0.25) is 5.91 Å². The highest BCUT2D eigenvalue weighted by Gasteiger charge is 2.08. The highest BCUT2D eigenvalue weighted by atomic mass is 16.5. The molecule has 4 heteroatoms. The SMILES string of the molecule is CCCCOC(=O)c1ccc(NC(=O)Cc2ccccc2)cc1. The normalized spacial score (nSPS) is 10.1. The molecule has 1 amide bonds. The molecule has 2 aromatic rings. The monoisotopic (exact) mass is 311 g/mol. The van der Waals surface area contributed by atoms with E-state index in [0.717, 1.165) is 18.4 Å². The summed E-state index contributed by atoms with van der Waals surface area (Å²) >= 11 is 0. The number of hydrogen-bond acceptors (Lipinski definition) is 3. The van der Waals surface area contributed by atoms with Crippen LogP contribution in [0.25, 0.3) is 0 Å². The molecule has 0 aromatic heterocycles. The predicted octanol–water partition coefficient (Wildman–Crippen LogP) is 3.82. The lowest BCUT2D eigenvalue weighted by Gasteiger charge is -2.07. The number of hydrogen-bond donors (Lipinski definition) is 1. The summed E-state index contributed by atoms with van der Waals surface area (Å²) in [7, 11) is 0. The molecule has 1 N–H and O–H groups in total. The number of benzene rings is 2. The summed E-state index contributed by atoms with van der Waals surface area (Å²) in [5.41, 5.74) is 2.11. The van der Waals surface area contributed by atoms with Crippen LogP contribution in [0.3, 0.4) is 0 Å². The fourth-order valence-corrected chi connectivity index (χ4v) is 2.07. The van der Waals surface area contributed by atoms with Crippen LogP contribution in [-0.4, -0.2) is 18.5 Å². The molecule has 0 saturated heterocycles. The van der Waals surface area contributed by atoms with E-state index in [0.29, 0.717) is 24.3 Å². The van der Waals surface area contributed by atoms with E-state index in [-0.39, 0.29) is 11.9 Å². The van der Waals surface area contributed by atoms with E-state index in [1.54, 1.807) is 24.3 Å². The number of carbonyl (C=O) groups is 2. The molecule has 0 aliphatic heterocycles. The van der Waals surface area contributed by atoms with Gasteiger partial charge in [0.05, 0.1) is 18.6 Å². The van der Waals surface area contributed by atoms with E-state index in [9.17, 15) is 9.59 Å². The maximum Gasteiger partial charge on any atom is 0.338 e. The summed E-state index contributed by atoms with van der Waals surface area (Å²) in [5, 5.41) is 2.82. The summed E-state index contributed by atoms with van der Waals surface area (Å²) < 4.78 is 5.14. The number of nitrogens with one attached hydrogen (secondary N) is 1. The minimum Gasteiger partial charge on any atom is -0.462 e. The lowest BCUT2D eigenvalue weighted by molar-refractivity contribution is -0.115. The first-order chi connectivity index (χ1) is 11.2. The first kappa shape index (κ1) is 16.7. The zero-order valence-corrected chi connectivity index (χ0v) is 13.2. The van der Waals surface area contributed by atoms with Crippen LogP contribution in [0.1, 0.15) is 35.7 Å². The Morgan fingerprint density at radius 1 is 1.00 bits per heavy atom. The fourth-order valence-electron chi connectivity index (χ4n) is 2.07. The molecule has 0 unspecified atom stereocenters. The Balaban J connectivity index is 1.87. The highest BCUT2D eigenvalue weighted by molar-refractivity contribution is 5.94. The topological polar surface area (TPSA) is 55.4 Å². The number of unbranched alkanes of at least 4 members (excludes halogenated alkanes) is 1. The Bertz CT molecular complexity index is 635. The molecule has 0 atom stereocenters. The van der Waals surface area contributed by atoms with Gasteiger partial charge in [0.15, 0.2) is 0 Å². The molecular weight excluding hydrogens is 290 g/mol. The van der Waals surface area contributed by atoms with Gasteiger partial charge in [-0.3, -0.25) is 4.79 Å². The van der Waals surface area contributed by atoms with Crippen molar-refractivity contribution in [1.82, 2.24) is 0 Å². The van der Waals surface area contributed by atoms with Crippen LogP contribution in [0, 0.1) is 0 Å². The second-order valence-corrected chi connectivity index (χ2v) is 5.28. The van der Waals surface area contributed by atoms with E-state index in [4.69, 9.17) is 4.74 Å². The summed E-state index contributed by atoms with van der Waals surface area (Å²) in [4.78, 5) is 23.8. The average molecular weight is 311 g/mol. The third kappa shape index (κ3) is 5.58. The Morgan fingerprint density at radius 2 is 1.70 bits per heavy atom. The fraction of sp³-hybridized carbons (Fsp3) is 0.263. The van der Waals surface area contributed by atoms with E-state index >= 15 is 0 Å². The highest BCUT2D eigenvalue weighted by Crippen LogP contribution is 2.12. The van der Waals surface area contributed by atoms with Crippen molar-refractivity contribution in [2.24, 2.45) is 0 Å². The average Bonchev–Trinajstić information content (AvgIpc) is 2.56. The van der Waals surface area contributed by atoms with Crippen molar-refractivity contribution in [2.45, 2.75) is 26.2 Å². The van der Waals surface area contributed by atoms with Gasteiger partial charge in [-0.15, -0.1) is 0 Å². The molecular formula is C19H21NO3. The van der Waals surface area contributed by atoms with E-state index in [1.807, 2.05) is 37.3 Å². The smallest absolute Gasteiger partial charge is 0.338 e. The molecule has 0 spiro atoms. The van der Waals surface area contributed by atoms with Crippen molar-refractivity contribution in [3.63, 3.8) is 0 Å². The van der Waals surface area contributed by atoms with Crippen molar-refractivity contribution in [3.8, 4) is 0 Å². The molecule has 0 heterocycles. The molecule has 23 heavy (non-hydrogen) atoms. The van der Waals surface area contributed by atoms with Gasteiger partial charge in [-0.25, -0.2) is 4.79 Å². The van der Waals surface area contributed by atoms with Gasteiger partial charge in [0.1, 0.15) is 0 Å². The summed E-state index contributed by atoms with van der Waals surface area (Å²) in [6.45, 7) is 2.48. The van der Waals surface area contributed by atoms with Crippen molar-refractivity contribution in [3.05, 3.63) is 65.7 Å². The summed E-state index contributed by atoms with van der Waals surface area (Å²) in [6.07, 6.45) is 2.17. The first-order valence-electron chi connectivity index (χ1n) is 7.80. The zero-order valence-electron chi connectivity index (χ0n) is 13.2. The van der Waals surface area contributed by atoms with E-state index in [2.05, 4.69) is 5.32 Å². The predicted molar refractivity (Wildman–Crippen MR) is 90.4 cm³/mol. The van der Waals surface area contributed by atoms with Crippen LogP contribution in [0.4, 0.5) is 5.69 Å². The van der Waals surface area contributed by atoms with Gasteiger partial charge in [0, 0.05) is 5.69 Å². The molecule has 0 radical (unpaired) electrons. The third-order valence-electron chi connectivity index (χ3n) is 3.34. The number of ether oxygens (including phenoxy) is 1. The maximum atomic E-state index is 12.0. The number of rotatable bonds is 7. The largest absolute Gasteiger partial charge is 0.462 e. The Kier molecular flexibility index (Phi) is 6.36. The number of amides is 1. The van der Waals surface area contributed by atoms with Crippen molar-refractivity contribution < 1.29 is 14.3 Å². The van der Waals surface area contributed by atoms with Crippen molar-refractivity contribution in [1.29, 1.82) is 0 Å². The van der Waals surface area contributed by atoms with Crippen molar-refractivity contribution in [2.75, 3.05) is 11.9 Å². The number of esters is 1. The van der Waals surface area contributed by atoms with Gasteiger partial charge in [0.25, 0.3) is 0 Å². The van der Waals surface area contributed by atoms with Crippen LogP contribution in [0.15, 0.2) is 54.6 Å². The minimum atomic E-state index is -0.333. The van der Waals surface area contributed by atoms with Crippen LogP contribution in [-0.2, 0) is 16.0 Å². The Morgan fingerprint density at radius 3 is 2.35 bits per heavy atom. The van der Waals surface area contributed by atoms with E-state index in [1.165, 1.54) is 0 Å². The minimum absolute atomic E-state index is 0.0885. The van der Waals surface area contributed by atoms with E-state index < -0.39 is 0 Å². The molecule has 120 valence electrons. The molecule has 4 nitrogen and oxygen atoms in total. The molecule has 0 aliphatic carbocycles. The first-order valence-corrected chi connectivity index (χ1v) is 7.80. The number of anilines is 1. The lowest BCUT2D eigenvalue weighted by atomic mass is 10.1. The van der Waals surface area contributed by atoms with Gasteiger partial charge < -0.3 is 10.1 Å². The van der Waals surface area contributed by atoms with Gasteiger partial charge in [-0.1, -0.05) is 43.7 Å². The molecule has 2 rings (SSSR count). The zero-order chi connectivity index (χ0) is 16.5. The summed E-state index contributed by atoms with van der Waals surface area (Å²) in [6, 6.07) is 16.3. The van der Waals surface area contributed by atoms with Gasteiger partial charge in [-0.05, 0) is 36.2 Å². The Hall–Kier alpha value is -2.62. The maximum absolute atomic E-state index is 12.0. The molecule has 0 saturated carbocycles. The van der Waals surface area contributed by atoms with Crippen LogP contribution >= 0.6 is 0 Å². The van der Waals surface area contributed by atoms with Gasteiger partial charge >= 0.3 is 5.97 Å². The Labute approximate surface area is 136 Å². The lowest BCUT2D eigenvalue weighted by Crippen LogP contribution is -2.14. The molecule has 0 bridgehead atoms. The number of carbonyl (C=O) groups excluding carboxylic acids is 2. The van der Waals surface area contributed by atoms with Crippen LogP contribution in [0.5, 0.6) is 0 Å². The quantitative estimate of drug-likeness (QED) is 0.624. The van der Waals surface area contributed by atoms with Crippen LogP contribution in [0.2, 0.25) is 0 Å². The van der Waals surface area contributed by atoms with Crippen LogP contribution < -0.4 is 5.32 Å². The summed E-state index contributed by atoms with van der Waals surface area (Å²) in [5.74, 6) is -0.421. The second-order valence-electron chi connectivity index (χ2n) is 5.28. The molecule has 0 aliphatic rings.